The van der Waals surface area contributed by atoms with Gasteiger partial charge in [0.25, 0.3) is 16.6 Å². The molecule has 7 aromatic carbocycles. The number of hydrogen-bond acceptors (Lipinski definition) is 6. The molecule has 2 heterocycles. The van der Waals surface area contributed by atoms with Crippen molar-refractivity contribution in [2.45, 2.75) is 128 Å². The molecule has 0 spiro atoms. The first kappa shape index (κ1) is 50.6. The van der Waals surface area contributed by atoms with E-state index in [0.29, 0.717) is 33.2 Å². The maximum Gasteiger partial charge on any atom is 0.258 e. The monoisotopic (exact) mass is 1050 g/mol. The summed E-state index contributed by atoms with van der Waals surface area (Å²) < 4.78 is 16.5. The van der Waals surface area contributed by atoms with Crippen molar-refractivity contribution in [2.75, 3.05) is 0 Å². The molecule has 8 heteroatoms. The Morgan fingerprint density at radius 1 is 0.365 bits per heavy atom. The minimum Gasteiger partial charge on any atom is -0.543 e. The summed E-state index contributed by atoms with van der Waals surface area (Å²) in [7, 11) is -4.44. The highest BCUT2D eigenvalue weighted by atomic mass is 32.1. The fourth-order valence-corrected chi connectivity index (χ4v) is 27.3. The summed E-state index contributed by atoms with van der Waals surface area (Å²) in [5.74, 6) is 1.80. The summed E-state index contributed by atoms with van der Waals surface area (Å²) >= 11 is 3.44. The number of aliphatic hydroxyl groups is 2. The molecule has 378 valence electrons. The van der Waals surface area contributed by atoms with Crippen molar-refractivity contribution in [2.24, 2.45) is 0 Å². The number of fused-ring (bicyclic) bond motifs is 8. The molecule has 0 unspecified atom stereocenters. The van der Waals surface area contributed by atoms with E-state index >= 15 is 0 Å². The van der Waals surface area contributed by atoms with Gasteiger partial charge in [-0.3, -0.25) is 0 Å². The van der Waals surface area contributed by atoms with E-state index in [1.807, 2.05) is 24.3 Å². The minimum absolute atomic E-state index is 0.441. The Balaban J connectivity index is 1.17. The van der Waals surface area contributed by atoms with Crippen LogP contribution in [0.3, 0.4) is 0 Å². The summed E-state index contributed by atoms with van der Waals surface area (Å²) in [6.07, 6.45) is 0. The van der Waals surface area contributed by atoms with Crippen LogP contribution in [-0.4, -0.2) is 26.8 Å². The molecule has 0 aliphatic heterocycles. The third kappa shape index (κ3) is 7.37. The lowest BCUT2D eigenvalue weighted by Gasteiger charge is -2.42. The highest BCUT2D eigenvalue weighted by Gasteiger charge is 2.51. The Bertz CT molecular complexity index is 3210. The number of hydrogen-bond donors (Lipinski definition) is 2. The molecule has 4 nitrogen and oxygen atoms in total. The Hall–Kier alpha value is -5.59. The van der Waals surface area contributed by atoms with E-state index in [0.717, 1.165) is 108 Å². The van der Waals surface area contributed by atoms with Gasteiger partial charge in [-0.1, -0.05) is 180 Å². The van der Waals surface area contributed by atoms with Crippen molar-refractivity contribution in [3.05, 3.63) is 191 Å². The first-order valence-corrected chi connectivity index (χ1v) is 32.8. The van der Waals surface area contributed by atoms with Crippen LogP contribution in [0.1, 0.15) is 116 Å². The van der Waals surface area contributed by atoms with E-state index in [2.05, 4.69) is 217 Å². The van der Waals surface area contributed by atoms with Crippen LogP contribution in [0.2, 0.25) is 33.2 Å². The first-order valence-electron chi connectivity index (χ1n) is 26.8. The predicted octanol–water partition coefficient (Wildman–Crippen LogP) is 19.1. The second-order valence-electron chi connectivity index (χ2n) is 22.9. The van der Waals surface area contributed by atoms with E-state index in [9.17, 15) is 10.2 Å². The van der Waals surface area contributed by atoms with Crippen molar-refractivity contribution in [3.63, 3.8) is 0 Å². The molecule has 2 aliphatic carbocycles. The third-order valence-electron chi connectivity index (χ3n) is 17.3. The van der Waals surface area contributed by atoms with Crippen molar-refractivity contribution in [3.8, 4) is 54.6 Å². The zero-order valence-electron chi connectivity index (χ0n) is 45.0. The molecule has 0 amide bonds. The van der Waals surface area contributed by atoms with E-state index in [4.69, 9.17) is 8.85 Å². The molecule has 2 N–H and O–H groups in total. The molecule has 0 fully saturated rings. The standard InChI is InChI=1S/C66H70O4S2Si2/c1-39(2)73(40(3)4,41(5)6)69-47-33-29-45(30-34-47)63-61(65(67)55-25-17-13-21-49(55)50-22-14-18-26-56(50)65)53-37-60-54(38-59(53)71-63)62(66(68)57-27-19-15-23-51(57)52-24-16-20-28-58(52)66)64(72-60)46-31-35-48(36-32-46)70-74(42(7)8,43(9)10)44(11)12/h13-44,67-68H,1-12H3. The zero-order chi connectivity index (χ0) is 52.2. The van der Waals surface area contributed by atoms with Crippen LogP contribution >= 0.6 is 22.7 Å². The lowest BCUT2D eigenvalue weighted by atomic mass is 9.80. The van der Waals surface area contributed by atoms with Gasteiger partial charge in [0.2, 0.25) is 0 Å². The van der Waals surface area contributed by atoms with Gasteiger partial charge in [0.15, 0.2) is 0 Å². The van der Waals surface area contributed by atoms with Gasteiger partial charge < -0.3 is 19.1 Å². The lowest BCUT2D eigenvalue weighted by Crippen LogP contribution is -2.50. The van der Waals surface area contributed by atoms with Gasteiger partial charge in [-0.25, -0.2) is 0 Å². The van der Waals surface area contributed by atoms with Crippen LogP contribution < -0.4 is 8.85 Å². The molecule has 0 bridgehead atoms. The lowest BCUT2D eigenvalue weighted by molar-refractivity contribution is 0.133. The van der Waals surface area contributed by atoms with Gasteiger partial charge in [-0.2, -0.15) is 0 Å². The van der Waals surface area contributed by atoms with Crippen LogP contribution in [0.25, 0.3) is 63.3 Å². The Kier molecular flexibility index (Phi) is 12.7. The summed E-state index contributed by atoms with van der Waals surface area (Å²) in [5.41, 5.74) is 11.2. The number of benzene rings is 7. The highest BCUT2D eigenvalue weighted by molar-refractivity contribution is 7.24. The second kappa shape index (κ2) is 18.6. The third-order valence-corrected chi connectivity index (χ3v) is 31.7. The van der Waals surface area contributed by atoms with Gasteiger partial charge in [-0.05, 0) is 127 Å². The summed E-state index contributed by atoms with van der Waals surface area (Å²) in [6.45, 7) is 27.9. The van der Waals surface area contributed by atoms with Crippen LogP contribution in [-0.2, 0) is 11.2 Å². The molecule has 0 saturated carbocycles. The quantitative estimate of drug-likeness (QED) is 0.107. The fourth-order valence-electron chi connectivity index (χ4n) is 14.2. The zero-order valence-corrected chi connectivity index (χ0v) is 48.6. The van der Waals surface area contributed by atoms with E-state index < -0.39 is 27.8 Å². The van der Waals surface area contributed by atoms with Crippen molar-refractivity contribution in [1.29, 1.82) is 0 Å². The van der Waals surface area contributed by atoms with E-state index in [1.165, 1.54) is 0 Å². The molecule has 0 saturated heterocycles. The molecule has 2 aliphatic rings. The molecule has 74 heavy (non-hydrogen) atoms. The van der Waals surface area contributed by atoms with Gasteiger partial charge >= 0.3 is 0 Å². The predicted molar refractivity (Wildman–Crippen MR) is 319 cm³/mol. The molecule has 11 rings (SSSR count). The highest BCUT2D eigenvalue weighted by Crippen LogP contribution is 2.60. The smallest absolute Gasteiger partial charge is 0.258 e. The maximum absolute atomic E-state index is 14.0. The minimum atomic E-state index is -2.22. The Labute approximate surface area is 449 Å². The molecule has 9 aromatic rings. The fraction of sp³-hybridized carbons (Fsp3) is 0.303. The van der Waals surface area contributed by atoms with Gasteiger partial charge in [0.05, 0.1) is 0 Å². The van der Waals surface area contributed by atoms with E-state index in [1.54, 1.807) is 22.7 Å². The maximum atomic E-state index is 14.0. The Morgan fingerprint density at radius 2 is 0.622 bits per heavy atom. The van der Waals surface area contributed by atoms with E-state index in [-0.39, 0.29) is 0 Å². The number of rotatable bonds is 14. The Morgan fingerprint density at radius 3 is 0.878 bits per heavy atom. The van der Waals surface area contributed by atoms with Crippen LogP contribution in [0.4, 0.5) is 0 Å². The average molecular weight is 1050 g/mol. The molecule has 0 atom stereocenters. The van der Waals surface area contributed by atoms with Crippen LogP contribution in [0, 0.1) is 0 Å². The van der Waals surface area contributed by atoms with Crippen molar-refractivity contribution in [1.82, 2.24) is 0 Å². The van der Waals surface area contributed by atoms with Crippen LogP contribution in [0.5, 0.6) is 11.5 Å². The largest absolute Gasteiger partial charge is 0.543 e. The second-order valence-corrected chi connectivity index (χ2v) is 35.8. The normalized spacial score (nSPS) is 14.8. The topological polar surface area (TPSA) is 58.9 Å². The molecule has 2 aromatic heterocycles. The van der Waals surface area contributed by atoms with Crippen molar-refractivity contribution >= 4 is 59.5 Å². The summed E-state index contributed by atoms with van der Waals surface area (Å²) in [5, 5.41) is 30.0. The SMILES string of the molecule is CC(C)[Si](Oc1ccc(-c2sc3cc4c(C5(O)c6ccccc6-c6ccccc65)c(-c5ccc(O[Si](C(C)C)(C(C)C)C(C)C)cc5)sc4cc3c2C2(O)c3ccccc3-c3ccccc32)cc1)(C(C)C)C(C)C. The average Bonchev–Trinajstić information content (AvgIpc) is 4.10. The summed E-state index contributed by atoms with van der Waals surface area (Å²) in [6, 6.07) is 55.4. The molecular weight excluding hydrogens is 977 g/mol. The first-order chi connectivity index (χ1) is 35.4. The summed E-state index contributed by atoms with van der Waals surface area (Å²) in [4.78, 5) is 2.02. The molecule has 0 radical (unpaired) electrons. The van der Waals surface area contributed by atoms with Crippen LogP contribution in [0.15, 0.2) is 158 Å². The molecular formula is C66H70O4S2Si2. The van der Waals surface area contributed by atoms with Gasteiger partial charge in [0.1, 0.15) is 22.7 Å². The van der Waals surface area contributed by atoms with Gasteiger partial charge in [0, 0.05) is 63.3 Å². The van der Waals surface area contributed by atoms with Gasteiger partial charge in [-0.15, -0.1) is 22.7 Å². The van der Waals surface area contributed by atoms with Crippen molar-refractivity contribution < 1.29 is 19.1 Å². The number of thiophene rings is 2.